The minimum atomic E-state index is -1.09. The van der Waals surface area contributed by atoms with Crippen LogP contribution in [0.25, 0.3) is 0 Å². The van der Waals surface area contributed by atoms with Gasteiger partial charge in [-0.25, -0.2) is 0 Å². The maximum Gasteiger partial charge on any atom is 0.311 e. The summed E-state index contributed by atoms with van der Waals surface area (Å²) in [5.41, 5.74) is 0.444. The van der Waals surface area contributed by atoms with Crippen molar-refractivity contribution in [1.82, 2.24) is 0 Å². The first kappa shape index (κ1) is 12.1. The van der Waals surface area contributed by atoms with Crippen LogP contribution in [0.15, 0.2) is 43.5 Å². The van der Waals surface area contributed by atoms with E-state index in [1.807, 2.05) is 0 Å². The Kier molecular flexibility index (Phi) is 5.70. The summed E-state index contributed by atoms with van der Waals surface area (Å²) in [6, 6.07) is 8.39. The van der Waals surface area contributed by atoms with E-state index in [1.165, 1.54) is 0 Å². The third kappa shape index (κ3) is 4.21. The van der Waals surface area contributed by atoms with E-state index in [4.69, 9.17) is 5.11 Å². The minimum Gasteiger partial charge on any atom is -0.481 e. The summed E-state index contributed by atoms with van der Waals surface area (Å²) >= 11 is 0. The van der Waals surface area contributed by atoms with E-state index in [0.29, 0.717) is 5.56 Å². The number of aliphatic carboxylic acids is 1. The van der Waals surface area contributed by atoms with Crippen LogP contribution in [0, 0.1) is 0 Å². The topological polar surface area (TPSA) is 54.4 Å². The maximum absolute atomic E-state index is 11.1. The molecular weight excluding hydrogens is 180 g/mol. The van der Waals surface area contributed by atoms with Crippen LogP contribution < -0.4 is 0 Å². The minimum absolute atomic E-state index is 0.358. The highest BCUT2D eigenvalue weighted by atomic mass is 16.4. The smallest absolute Gasteiger partial charge is 0.311 e. The number of hydrogen-bond donors (Lipinski definition) is 1. The van der Waals surface area contributed by atoms with Crippen molar-refractivity contribution in [3.05, 3.63) is 49.1 Å². The van der Waals surface area contributed by atoms with Gasteiger partial charge in [0.05, 0.1) is 0 Å². The highest BCUT2D eigenvalue weighted by Gasteiger charge is 2.08. The maximum atomic E-state index is 11.1. The van der Waals surface area contributed by atoms with Gasteiger partial charge < -0.3 is 5.11 Å². The number of carbonyl (C=O) groups excluding carboxylic acids is 1. The van der Waals surface area contributed by atoms with E-state index in [2.05, 4.69) is 13.2 Å². The molecule has 0 amide bonds. The van der Waals surface area contributed by atoms with E-state index in [9.17, 15) is 9.59 Å². The predicted octanol–water partition coefficient (Wildman–Crippen LogP) is 2.15. The fourth-order valence-electron chi connectivity index (χ4n) is 0.863. The molecule has 1 aromatic carbocycles. The lowest BCUT2D eigenvalue weighted by Crippen LogP contribution is -2.06. The summed E-state index contributed by atoms with van der Waals surface area (Å²) in [5.74, 6) is -1.45. The molecule has 0 aliphatic rings. The quantitative estimate of drug-likeness (QED) is 0.453. The molecule has 1 rings (SSSR count). The van der Waals surface area contributed by atoms with Gasteiger partial charge in [0.15, 0.2) is 5.78 Å². The molecule has 0 spiro atoms. The molecule has 0 aliphatic heterocycles. The van der Waals surface area contributed by atoms with Crippen LogP contribution in [0.5, 0.6) is 0 Å². The number of benzene rings is 1. The highest BCUT2D eigenvalue weighted by Crippen LogP contribution is 2.02. The number of ketones is 1. The summed E-state index contributed by atoms with van der Waals surface area (Å²) in [5, 5.41) is 8.32. The molecule has 74 valence electrons. The van der Waals surface area contributed by atoms with Crippen molar-refractivity contribution in [1.29, 1.82) is 0 Å². The fraction of sp³-hybridized carbons (Fsp3) is 0.0909. The summed E-state index contributed by atoms with van der Waals surface area (Å²) in [6.45, 7) is 6.00. The number of carboxylic acids is 1. The third-order valence-electron chi connectivity index (χ3n) is 1.41. The normalized spacial score (nSPS) is 8.29. The Hall–Kier alpha value is -1.90. The molecule has 3 nitrogen and oxygen atoms in total. The van der Waals surface area contributed by atoms with Crippen molar-refractivity contribution in [2.75, 3.05) is 0 Å². The Morgan fingerprint density at radius 3 is 2.07 bits per heavy atom. The molecule has 0 heterocycles. The van der Waals surface area contributed by atoms with Gasteiger partial charge in [-0.05, 0) is 0 Å². The van der Waals surface area contributed by atoms with Crippen LogP contribution >= 0.6 is 0 Å². The first-order valence-corrected chi connectivity index (χ1v) is 4.00. The molecule has 0 aliphatic carbocycles. The van der Waals surface area contributed by atoms with Crippen molar-refractivity contribution in [2.45, 2.75) is 6.42 Å². The SMILES string of the molecule is C=C.O=C(O)CC(=O)c1ccccc1. The summed E-state index contributed by atoms with van der Waals surface area (Å²) in [6.07, 6.45) is -0.440. The zero-order valence-corrected chi connectivity index (χ0v) is 7.77. The number of carbonyl (C=O) groups is 2. The highest BCUT2D eigenvalue weighted by molar-refractivity contribution is 6.05. The Morgan fingerprint density at radius 1 is 1.14 bits per heavy atom. The molecule has 0 saturated heterocycles. The molecule has 0 atom stereocenters. The Balaban J connectivity index is 0.000000791. The molecule has 1 aromatic rings. The van der Waals surface area contributed by atoms with Crippen LogP contribution in [-0.4, -0.2) is 16.9 Å². The molecule has 0 bridgehead atoms. The Bertz CT molecular complexity index is 304. The van der Waals surface area contributed by atoms with Gasteiger partial charge in [0.25, 0.3) is 0 Å². The largest absolute Gasteiger partial charge is 0.481 e. The first-order valence-electron chi connectivity index (χ1n) is 4.00. The molecule has 0 fully saturated rings. The van der Waals surface area contributed by atoms with Crippen LogP contribution in [0.3, 0.4) is 0 Å². The van der Waals surface area contributed by atoms with Crippen molar-refractivity contribution < 1.29 is 14.7 Å². The average molecular weight is 192 g/mol. The lowest BCUT2D eigenvalue weighted by atomic mass is 10.1. The molecule has 1 N–H and O–H groups in total. The molecule has 0 aromatic heterocycles. The van der Waals surface area contributed by atoms with E-state index < -0.39 is 12.4 Å². The van der Waals surface area contributed by atoms with Crippen LogP contribution in [0.4, 0.5) is 0 Å². The number of Topliss-reactive ketones (excluding diaryl/α,β-unsaturated/α-hetero) is 1. The third-order valence-corrected chi connectivity index (χ3v) is 1.41. The standard InChI is InChI=1S/C9H8O3.C2H4/c10-8(6-9(11)12)7-4-2-1-3-5-7;1-2/h1-5H,6H2,(H,11,12);1-2H2. The monoisotopic (exact) mass is 192 g/mol. The zero-order chi connectivity index (χ0) is 11.0. The molecule has 0 unspecified atom stereocenters. The lowest BCUT2D eigenvalue weighted by Gasteiger charge is -1.95. The van der Waals surface area contributed by atoms with E-state index >= 15 is 0 Å². The number of rotatable bonds is 3. The Labute approximate surface area is 82.7 Å². The summed E-state index contributed by atoms with van der Waals surface area (Å²) < 4.78 is 0. The average Bonchev–Trinajstić information content (AvgIpc) is 2.21. The molecule has 0 saturated carbocycles. The van der Waals surface area contributed by atoms with Crippen LogP contribution in [-0.2, 0) is 4.79 Å². The van der Waals surface area contributed by atoms with E-state index in [1.54, 1.807) is 30.3 Å². The fourth-order valence-corrected chi connectivity index (χ4v) is 0.863. The molecule has 0 radical (unpaired) electrons. The van der Waals surface area contributed by atoms with E-state index in [-0.39, 0.29) is 5.78 Å². The van der Waals surface area contributed by atoms with Gasteiger partial charge >= 0.3 is 5.97 Å². The van der Waals surface area contributed by atoms with Gasteiger partial charge in [-0.3, -0.25) is 9.59 Å². The summed E-state index contributed by atoms with van der Waals surface area (Å²) in [7, 11) is 0. The number of carboxylic acid groups (broad SMARTS) is 1. The first-order chi connectivity index (χ1) is 6.70. The molecule has 14 heavy (non-hydrogen) atoms. The second-order valence-corrected chi connectivity index (χ2v) is 2.36. The second kappa shape index (κ2) is 6.60. The summed E-state index contributed by atoms with van der Waals surface area (Å²) in [4.78, 5) is 21.2. The second-order valence-electron chi connectivity index (χ2n) is 2.36. The van der Waals surface area contributed by atoms with Crippen LogP contribution in [0.2, 0.25) is 0 Å². The van der Waals surface area contributed by atoms with Gasteiger partial charge in [0.2, 0.25) is 0 Å². The van der Waals surface area contributed by atoms with Gasteiger partial charge in [0.1, 0.15) is 6.42 Å². The molecular formula is C11H12O3. The van der Waals surface area contributed by atoms with Gasteiger partial charge in [-0.1, -0.05) is 30.3 Å². The Morgan fingerprint density at radius 2 is 1.64 bits per heavy atom. The van der Waals surface area contributed by atoms with Gasteiger partial charge in [-0.2, -0.15) is 0 Å². The zero-order valence-electron chi connectivity index (χ0n) is 7.77. The predicted molar refractivity (Wildman–Crippen MR) is 54.3 cm³/mol. The van der Waals surface area contributed by atoms with Crippen molar-refractivity contribution in [3.8, 4) is 0 Å². The van der Waals surface area contributed by atoms with Crippen molar-refractivity contribution >= 4 is 11.8 Å². The van der Waals surface area contributed by atoms with Gasteiger partial charge in [0, 0.05) is 5.56 Å². The van der Waals surface area contributed by atoms with E-state index in [0.717, 1.165) is 0 Å². The lowest BCUT2D eigenvalue weighted by molar-refractivity contribution is -0.135. The van der Waals surface area contributed by atoms with Gasteiger partial charge in [-0.15, -0.1) is 13.2 Å². The molecule has 3 heteroatoms. The van der Waals surface area contributed by atoms with Crippen molar-refractivity contribution in [2.24, 2.45) is 0 Å². The van der Waals surface area contributed by atoms with Crippen molar-refractivity contribution in [3.63, 3.8) is 0 Å². The number of hydrogen-bond acceptors (Lipinski definition) is 2. The van der Waals surface area contributed by atoms with Crippen LogP contribution in [0.1, 0.15) is 16.8 Å².